The van der Waals surface area contributed by atoms with E-state index in [1.54, 1.807) is 0 Å². The zero-order valence-electron chi connectivity index (χ0n) is 1.66. The van der Waals surface area contributed by atoms with E-state index in [0.717, 1.165) is 0 Å². The van der Waals surface area contributed by atoms with Crippen LogP contribution in [0.25, 0.3) is 0 Å². The van der Waals surface area contributed by atoms with E-state index in [9.17, 15) is 0 Å². The first-order valence-corrected chi connectivity index (χ1v) is 7.61. The molecule has 0 aliphatic carbocycles. The molecule has 0 atom stereocenters. The van der Waals surface area contributed by atoms with E-state index in [4.69, 9.17) is 17.8 Å². The fourth-order valence-electron chi connectivity index (χ4n) is 0. The molecule has 0 aromatic heterocycles. The predicted octanol–water partition coefficient (Wildman–Crippen LogP) is 1.62. The van der Waals surface area contributed by atoms with Crippen molar-refractivity contribution in [3.63, 3.8) is 0 Å². The molecule has 4 heavy (non-hydrogen) atoms. The van der Waals surface area contributed by atoms with Crippen LogP contribution < -0.4 is 0 Å². The van der Waals surface area contributed by atoms with Gasteiger partial charge in [0.15, 0.2) is 0 Å². The molecule has 0 saturated carbocycles. The summed E-state index contributed by atoms with van der Waals surface area (Å²) in [7, 11) is 9.87. The first kappa shape index (κ1) is 9.44. The molecule has 0 aromatic rings. The molecular formula is HCl2ISn. The molecule has 0 heterocycles. The van der Waals surface area contributed by atoms with E-state index in [0.29, 0.717) is 0 Å². The molecule has 0 rings (SSSR count). The van der Waals surface area contributed by atoms with E-state index in [-0.39, 0.29) is 24.0 Å². The molecule has 4 heteroatoms. The summed E-state index contributed by atoms with van der Waals surface area (Å²) < 4.78 is 0. The predicted molar refractivity (Wildman–Crippen MR) is 32.9 cm³/mol. The van der Waals surface area contributed by atoms with Gasteiger partial charge in [0.1, 0.15) is 0 Å². The zero-order valence-corrected chi connectivity index (χ0v) is 8.36. The third-order valence-electron chi connectivity index (χ3n) is 0. The summed E-state index contributed by atoms with van der Waals surface area (Å²) in [6.45, 7) is 0. The van der Waals surface area contributed by atoms with Gasteiger partial charge in [-0.2, -0.15) is 0 Å². The van der Waals surface area contributed by atoms with Crippen molar-refractivity contribution in [3.05, 3.63) is 0 Å². The summed E-state index contributed by atoms with van der Waals surface area (Å²) in [6.07, 6.45) is 0. The van der Waals surface area contributed by atoms with E-state index in [2.05, 4.69) is 0 Å². The molecule has 0 N–H and O–H groups in total. The average molecular weight is 318 g/mol. The molecule has 0 nitrogen and oxygen atoms in total. The number of hydrogen-bond acceptors (Lipinski definition) is 0. The molecule has 2 radical (unpaired) electrons. The van der Waals surface area contributed by atoms with Gasteiger partial charge in [-0.1, -0.05) is 0 Å². The Bertz CT molecular complexity index is 6.00. The van der Waals surface area contributed by atoms with Gasteiger partial charge < -0.3 is 0 Å². The van der Waals surface area contributed by atoms with Crippen molar-refractivity contribution in [2.45, 2.75) is 0 Å². The van der Waals surface area contributed by atoms with Crippen LogP contribution >= 0.6 is 41.8 Å². The average Bonchev–Trinajstić information content (AvgIpc) is 0.918. The van der Waals surface area contributed by atoms with E-state index < -0.39 is 18.9 Å². The second-order valence-electron chi connectivity index (χ2n) is 0.0714. The molecule has 0 aliphatic rings. The molecule has 0 unspecified atom stereocenters. The van der Waals surface area contributed by atoms with Gasteiger partial charge in [0.25, 0.3) is 0 Å². The summed E-state index contributed by atoms with van der Waals surface area (Å²) in [4.78, 5) is 0. The van der Waals surface area contributed by atoms with Crippen molar-refractivity contribution in [2.75, 3.05) is 0 Å². The van der Waals surface area contributed by atoms with Crippen molar-refractivity contribution in [3.8, 4) is 0 Å². The van der Waals surface area contributed by atoms with Gasteiger partial charge in [-0.15, -0.1) is 24.0 Å². The van der Waals surface area contributed by atoms with Crippen LogP contribution in [-0.2, 0) is 0 Å². The molecular weight excluding hydrogens is 317 g/mol. The molecule has 0 bridgehead atoms. The summed E-state index contributed by atoms with van der Waals surface area (Å²) in [5, 5.41) is 0. The first-order valence-electron chi connectivity index (χ1n) is 0.378. The topological polar surface area (TPSA) is 0 Å². The summed E-state index contributed by atoms with van der Waals surface area (Å²) in [6, 6.07) is 0. The van der Waals surface area contributed by atoms with Gasteiger partial charge in [-0.25, -0.2) is 0 Å². The summed E-state index contributed by atoms with van der Waals surface area (Å²) >= 11 is -0.826. The van der Waals surface area contributed by atoms with Crippen LogP contribution in [0.15, 0.2) is 0 Å². The number of halogens is 3. The van der Waals surface area contributed by atoms with Crippen molar-refractivity contribution in [1.82, 2.24) is 0 Å². The van der Waals surface area contributed by atoms with Crippen molar-refractivity contribution < 1.29 is 0 Å². The molecule has 0 amide bonds. The standard InChI is InChI=1S/2ClH.HI.Sn/h3*1H;/q;;;+2/p-2. The van der Waals surface area contributed by atoms with Gasteiger partial charge in [-0.05, 0) is 0 Å². The number of rotatable bonds is 0. The fourth-order valence-corrected chi connectivity index (χ4v) is 0. The SMILES string of the molecule is I.[Cl][Sn][Cl]. The monoisotopic (exact) mass is 318 g/mol. The van der Waals surface area contributed by atoms with E-state index in [1.165, 1.54) is 0 Å². The Morgan fingerprint density at radius 3 is 1.25 bits per heavy atom. The van der Waals surface area contributed by atoms with E-state index in [1.807, 2.05) is 0 Å². The van der Waals surface area contributed by atoms with Gasteiger partial charge >= 0.3 is 36.7 Å². The Balaban J connectivity index is 0. The normalized spacial score (nSPS) is 4.50. The van der Waals surface area contributed by atoms with Gasteiger partial charge in [-0.3, -0.25) is 0 Å². The quantitative estimate of drug-likeness (QED) is 0.470. The van der Waals surface area contributed by atoms with Crippen LogP contribution in [0.4, 0.5) is 0 Å². The van der Waals surface area contributed by atoms with Crippen LogP contribution in [0.1, 0.15) is 0 Å². The van der Waals surface area contributed by atoms with Crippen LogP contribution in [0, 0.1) is 0 Å². The Hall–Kier alpha value is 2.11. The Labute approximate surface area is 59.9 Å². The van der Waals surface area contributed by atoms with Crippen molar-refractivity contribution in [2.24, 2.45) is 0 Å². The van der Waals surface area contributed by atoms with E-state index >= 15 is 0 Å². The Kier molecular flexibility index (Phi) is 21.1. The van der Waals surface area contributed by atoms with Crippen molar-refractivity contribution in [1.29, 1.82) is 0 Å². The maximum absolute atomic E-state index is 4.93. The van der Waals surface area contributed by atoms with Crippen LogP contribution in [0.5, 0.6) is 0 Å². The minimum atomic E-state index is -0.826. The zero-order chi connectivity index (χ0) is 2.71. The van der Waals surface area contributed by atoms with Crippen molar-refractivity contribution >= 4 is 60.7 Å². The van der Waals surface area contributed by atoms with Gasteiger partial charge in [0.05, 0.1) is 0 Å². The van der Waals surface area contributed by atoms with Crippen LogP contribution in [0.3, 0.4) is 0 Å². The first-order chi connectivity index (χ1) is 1.41. The fraction of sp³-hybridized carbons (Fsp3) is 0. The molecule has 0 saturated heterocycles. The van der Waals surface area contributed by atoms with Gasteiger partial charge in [0.2, 0.25) is 0 Å². The second-order valence-corrected chi connectivity index (χ2v) is 4.31. The summed E-state index contributed by atoms with van der Waals surface area (Å²) in [5.41, 5.74) is 0. The third kappa shape index (κ3) is 8.93. The Morgan fingerprint density at radius 2 is 1.25 bits per heavy atom. The second kappa shape index (κ2) is 8.92. The van der Waals surface area contributed by atoms with Crippen LogP contribution in [0.2, 0.25) is 0 Å². The molecule has 26 valence electrons. The van der Waals surface area contributed by atoms with Gasteiger partial charge in [0, 0.05) is 0 Å². The number of hydrogen-bond donors (Lipinski definition) is 0. The molecule has 0 fully saturated rings. The Morgan fingerprint density at radius 1 is 1.25 bits per heavy atom. The van der Waals surface area contributed by atoms with Crippen LogP contribution in [-0.4, -0.2) is 18.9 Å². The molecule has 0 aromatic carbocycles. The molecule has 0 aliphatic heterocycles. The molecule has 0 spiro atoms. The summed E-state index contributed by atoms with van der Waals surface area (Å²) in [5.74, 6) is 0. The third-order valence-corrected chi connectivity index (χ3v) is 0. The minimum absolute atomic E-state index is 0. The maximum atomic E-state index is 4.93.